The van der Waals surface area contributed by atoms with Crippen molar-refractivity contribution in [3.63, 3.8) is 0 Å². The van der Waals surface area contributed by atoms with Gasteiger partial charge in [-0.05, 0) is 19.3 Å². The Bertz CT molecular complexity index is 371. The van der Waals surface area contributed by atoms with Gasteiger partial charge in [0.15, 0.2) is 0 Å². The number of epoxide rings is 2. The Morgan fingerprint density at radius 3 is 1.84 bits per heavy atom. The van der Waals surface area contributed by atoms with Gasteiger partial charge in [-0.25, -0.2) is 0 Å². The highest BCUT2D eigenvalue weighted by Gasteiger charge is 2.47. The molecule has 25 heavy (non-hydrogen) atoms. The molecule has 2 aliphatic heterocycles. The Morgan fingerprint density at radius 1 is 0.760 bits per heavy atom. The van der Waals surface area contributed by atoms with Crippen LogP contribution in [0.1, 0.15) is 96.8 Å². The van der Waals surface area contributed by atoms with Crippen LogP contribution in [0.4, 0.5) is 0 Å². The summed E-state index contributed by atoms with van der Waals surface area (Å²) in [6.07, 6.45) is 18.7. The highest BCUT2D eigenvalue weighted by molar-refractivity contribution is 5.68. The zero-order valence-corrected chi connectivity index (χ0v) is 16.3. The standard InChI is InChI=1S/C21H38O4/c1-3-4-10-13-17-19(24-17)16-20-18(25-20)14-11-8-6-5-7-9-12-15-21(22)23-2/h17-20H,3-16H2,1-2H3. The van der Waals surface area contributed by atoms with Crippen LogP contribution >= 0.6 is 0 Å². The zero-order valence-electron chi connectivity index (χ0n) is 16.3. The maximum atomic E-state index is 11.0. The van der Waals surface area contributed by atoms with Crippen LogP contribution in [0, 0.1) is 0 Å². The van der Waals surface area contributed by atoms with Gasteiger partial charge in [-0.3, -0.25) is 4.79 Å². The molecule has 2 aliphatic rings. The fourth-order valence-corrected chi connectivity index (χ4v) is 3.71. The number of ether oxygens (including phenoxy) is 3. The first-order valence-corrected chi connectivity index (χ1v) is 10.6. The Hall–Kier alpha value is -0.610. The molecule has 4 nitrogen and oxygen atoms in total. The first-order chi connectivity index (χ1) is 12.2. The number of carbonyl (C=O) groups is 1. The minimum atomic E-state index is -0.0807. The monoisotopic (exact) mass is 354 g/mol. The second-order valence-electron chi connectivity index (χ2n) is 7.75. The van der Waals surface area contributed by atoms with Gasteiger partial charge in [-0.1, -0.05) is 64.7 Å². The molecule has 0 spiro atoms. The van der Waals surface area contributed by atoms with Crippen molar-refractivity contribution >= 4 is 5.97 Å². The lowest BCUT2D eigenvalue weighted by atomic mass is 10.0. The van der Waals surface area contributed by atoms with Crippen LogP contribution in [-0.2, 0) is 19.0 Å². The molecule has 0 aromatic heterocycles. The van der Waals surface area contributed by atoms with Crippen molar-refractivity contribution in [2.24, 2.45) is 0 Å². The summed E-state index contributed by atoms with van der Waals surface area (Å²) >= 11 is 0. The molecule has 4 heteroatoms. The highest BCUT2D eigenvalue weighted by Crippen LogP contribution is 2.39. The number of hydrogen-bond donors (Lipinski definition) is 0. The average molecular weight is 355 g/mol. The topological polar surface area (TPSA) is 51.4 Å². The molecular weight excluding hydrogens is 316 g/mol. The third-order valence-corrected chi connectivity index (χ3v) is 5.53. The molecule has 4 unspecified atom stereocenters. The van der Waals surface area contributed by atoms with Crippen molar-refractivity contribution < 1.29 is 19.0 Å². The van der Waals surface area contributed by atoms with Gasteiger partial charge in [-0.2, -0.15) is 0 Å². The maximum absolute atomic E-state index is 11.0. The second-order valence-corrected chi connectivity index (χ2v) is 7.75. The molecule has 2 fully saturated rings. The summed E-state index contributed by atoms with van der Waals surface area (Å²) in [6.45, 7) is 2.25. The van der Waals surface area contributed by atoms with Crippen LogP contribution in [0.3, 0.4) is 0 Å². The summed E-state index contributed by atoms with van der Waals surface area (Å²) in [5, 5.41) is 0. The summed E-state index contributed by atoms with van der Waals surface area (Å²) in [5.74, 6) is -0.0807. The third-order valence-electron chi connectivity index (χ3n) is 5.53. The normalized spacial score (nSPS) is 27.3. The van der Waals surface area contributed by atoms with E-state index in [0.29, 0.717) is 30.8 Å². The number of unbranched alkanes of at least 4 members (excludes halogenated alkanes) is 8. The predicted molar refractivity (Wildman–Crippen MR) is 99.7 cm³/mol. The first-order valence-electron chi connectivity index (χ1n) is 10.6. The van der Waals surface area contributed by atoms with E-state index >= 15 is 0 Å². The largest absolute Gasteiger partial charge is 0.469 e. The Labute approximate surface area is 154 Å². The van der Waals surface area contributed by atoms with Crippen molar-refractivity contribution in [2.45, 2.75) is 121 Å². The van der Waals surface area contributed by atoms with Gasteiger partial charge >= 0.3 is 5.97 Å². The van der Waals surface area contributed by atoms with Gasteiger partial charge < -0.3 is 14.2 Å². The SMILES string of the molecule is CCCCCC1OC1CC1OC1CCCCCCCCCC(=O)OC. The Morgan fingerprint density at radius 2 is 1.28 bits per heavy atom. The van der Waals surface area contributed by atoms with Gasteiger partial charge in [-0.15, -0.1) is 0 Å². The van der Waals surface area contributed by atoms with E-state index in [1.165, 1.54) is 71.3 Å². The quantitative estimate of drug-likeness (QED) is 0.218. The average Bonchev–Trinajstić information content (AvgIpc) is 3.53. The Kier molecular flexibility index (Phi) is 9.85. The van der Waals surface area contributed by atoms with Gasteiger partial charge in [0.05, 0.1) is 31.5 Å². The van der Waals surface area contributed by atoms with Crippen molar-refractivity contribution in [1.82, 2.24) is 0 Å². The van der Waals surface area contributed by atoms with Crippen molar-refractivity contribution in [1.29, 1.82) is 0 Å². The van der Waals surface area contributed by atoms with Crippen LogP contribution in [0.5, 0.6) is 0 Å². The third kappa shape index (κ3) is 9.05. The number of methoxy groups -OCH3 is 1. The van der Waals surface area contributed by atoms with E-state index in [1.54, 1.807) is 0 Å². The fourth-order valence-electron chi connectivity index (χ4n) is 3.71. The number of esters is 1. The molecule has 0 saturated carbocycles. The first kappa shape index (κ1) is 20.7. The molecule has 4 atom stereocenters. The summed E-state index contributed by atoms with van der Waals surface area (Å²) in [5.41, 5.74) is 0. The van der Waals surface area contributed by atoms with E-state index in [1.807, 2.05) is 0 Å². The van der Waals surface area contributed by atoms with Crippen LogP contribution in [0.25, 0.3) is 0 Å². The van der Waals surface area contributed by atoms with Crippen LogP contribution in [0.15, 0.2) is 0 Å². The van der Waals surface area contributed by atoms with E-state index in [9.17, 15) is 4.79 Å². The molecule has 2 heterocycles. The van der Waals surface area contributed by atoms with Crippen molar-refractivity contribution in [3.05, 3.63) is 0 Å². The van der Waals surface area contributed by atoms with E-state index in [2.05, 4.69) is 11.7 Å². The molecule has 0 aromatic rings. The predicted octanol–water partition coefficient (Wildman–Crippen LogP) is 5.18. The lowest BCUT2D eigenvalue weighted by Gasteiger charge is -2.01. The number of rotatable bonds is 16. The van der Waals surface area contributed by atoms with Crippen LogP contribution in [-0.4, -0.2) is 37.5 Å². The molecule has 0 aromatic carbocycles. The van der Waals surface area contributed by atoms with E-state index in [-0.39, 0.29) is 5.97 Å². The molecule has 0 amide bonds. The maximum Gasteiger partial charge on any atom is 0.305 e. The van der Waals surface area contributed by atoms with Gasteiger partial charge in [0, 0.05) is 12.8 Å². The Balaban J connectivity index is 1.31. The van der Waals surface area contributed by atoms with Gasteiger partial charge in [0.25, 0.3) is 0 Å². The lowest BCUT2D eigenvalue weighted by molar-refractivity contribution is -0.140. The van der Waals surface area contributed by atoms with E-state index in [4.69, 9.17) is 9.47 Å². The summed E-state index contributed by atoms with van der Waals surface area (Å²) in [4.78, 5) is 11.0. The number of hydrogen-bond acceptors (Lipinski definition) is 4. The van der Waals surface area contributed by atoms with Crippen molar-refractivity contribution in [3.8, 4) is 0 Å². The van der Waals surface area contributed by atoms with Crippen molar-refractivity contribution in [2.75, 3.05) is 7.11 Å². The highest BCUT2D eigenvalue weighted by atomic mass is 16.6. The minimum Gasteiger partial charge on any atom is -0.469 e. The summed E-state index contributed by atoms with van der Waals surface area (Å²) in [7, 11) is 1.46. The molecule has 0 bridgehead atoms. The van der Waals surface area contributed by atoms with Crippen LogP contribution < -0.4 is 0 Å². The van der Waals surface area contributed by atoms with Gasteiger partial charge in [0.2, 0.25) is 0 Å². The van der Waals surface area contributed by atoms with E-state index < -0.39 is 0 Å². The second kappa shape index (κ2) is 11.9. The fraction of sp³-hybridized carbons (Fsp3) is 0.952. The smallest absolute Gasteiger partial charge is 0.305 e. The van der Waals surface area contributed by atoms with E-state index in [0.717, 1.165) is 19.3 Å². The lowest BCUT2D eigenvalue weighted by Crippen LogP contribution is -2.02. The van der Waals surface area contributed by atoms with Crippen LogP contribution in [0.2, 0.25) is 0 Å². The summed E-state index contributed by atoms with van der Waals surface area (Å²) in [6, 6.07) is 0. The zero-order chi connectivity index (χ0) is 17.9. The minimum absolute atomic E-state index is 0.0807. The molecule has 146 valence electrons. The molecular formula is C21H38O4. The molecule has 0 N–H and O–H groups in total. The molecule has 2 saturated heterocycles. The summed E-state index contributed by atoms with van der Waals surface area (Å²) < 4.78 is 16.2. The molecule has 0 aliphatic carbocycles. The molecule has 2 rings (SSSR count). The number of carbonyl (C=O) groups excluding carboxylic acids is 1. The van der Waals surface area contributed by atoms with Gasteiger partial charge in [0.1, 0.15) is 0 Å². The molecule has 0 radical (unpaired) electrons.